The second-order valence-electron chi connectivity index (χ2n) is 9.74. The molecule has 1 unspecified atom stereocenters. The molecule has 1 aliphatic heterocycles. The molecule has 1 saturated carbocycles. The van der Waals surface area contributed by atoms with E-state index in [1.165, 1.54) is 17.9 Å². The second-order valence-corrected chi connectivity index (χ2v) is 9.74. The van der Waals surface area contributed by atoms with Gasteiger partial charge in [0.05, 0.1) is 20.3 Å². The van der Waals surface area contributed by atoms with Crippen LogP contribution in [0.25, 0.3) is 0 Å². The molecule has 2 aliphatic rings. The average Bonchev–Trinajstić information content (AvgIpc) is 3.28. The molecule has 0 bridgehead atoms. The van der Waals surface area contributed by atoms with Crippen LogP contribution in [-0.2, 0) is 22.6 Å². The largest absolute Gasteiger partial charge is 0.494 e. The first-order valence-corrected chi connectivity index (χ1v) is 12.3. The summed E-state index contributed by atoms with van der Waals surface area (Å²) in [7, 11) is 1.27. The molecule has 0 radical (unpaired) electrons. The number of ether oxygens (including phenoxy) is 2. The number of esters is 1. The van der Waals surface area contributed by atoms with Crippen molar-refractivity contribution in [1.29, 1.82) is 0 Å². The maximum atomic E-state index is 13.7. The highest BCUT2D eigenvalue weighted by Crippen LogP contribution is 2.31. The van der Waals surface area contributed by atoms with Crippen LogP contribution in [-0.4, -0.2) is 57.8 Å². The number of rotatable bonds is 7. The molecule has 0 saturated heterocycles. The van der Waals surface area contributed by atoms with Crippen molar-refractivity contribution in [2.75, 3.05) is 13.7 Å². The molecule has 2 amide bonds. The summed E-state index contributed by atoms with van der Waals surface area (Å²) in [4.78, 5) is 41.0. The van der Waals surface area contributed by atoms with Crippen molar-refractivity contribution < 1.29 is 23.9 Å². The zero-order valence-corrected chi connectivity index (χ0v) is 20.9. The van der Waals surface area contributed by atoms with Crippen molar-refractivity contribution in [3.8, 4) is 5.75 Å². The first-order valence-electron chi connectivity index (χ1n) is 12.3. The van der Waals surface area contributed by atoms with Gasteiger partial charge in [0, 0.05) is 18.7 Å². The highest BCUT2D eigenvalue weighted by atomic mass is 16.5. The van der Waals surface area contributed by atoms with Crippen LogP contribution in [0.5, 0.6) is 5.75 Å². The van der Waals surface area contributed by atoms with Gasteiger partial charge < -0.3 is 19.7 Å². The van der Waals surface area contributed by atoms with Gasteiger partial charge in [-0.05, 0) is 63.1 Å². The number of carbonyl (C=O) groups is 3. The maximum Gasteiger partial charge on any atom is 0.358 e. The van der Waals surface area contributed by atoms with Crippen LogP contribution in [0.15, 0.2) is 30.3 Å². The van der Waals surface area contributed by atoms with Crippen LogP contribution in [0, 0.1) is 5.92 Å². The summed E-state index contributed by atoms with van der Waals surface area (Å²) in [5.74, 6) is 0.212. The summed E-state index contributed by atoms with van der Waals surface area (Å²) in [5, 5.41) is 7.48. The molecule has 1 aromatic carbocycles. The van der Waals surface area contributed by atoms with Gasteiger partial charge in [0.1, 0.15) is 17.0 Å². The third-order valence-electron chi connectivity index (χ3n) is 7.11. The molecule has 1 aromatic heterocycles. The first kappa shape index (κ1) is 24.8. The summed E-state index contributed by atoms with van der Waals surface area (Å²) < 4.78 is 11.8. The normalized spacial score (nSPS) is 24.0. The zero-order valence-electron chi connectivity index (χ0n) is 20.9. The Balaban J connectivity index is 1.64. The van der Waals surface area contributed by atoms with E-state index in [1.807, 2.05) is 31.2 Å². The number of carbonyl (C=O) groups excluding carboxylic acids is 3. The van der Waals surface area contributed by atoms with Gasteiger partial charge in [-0.25, -0.2) is 4.79 Å². The van der Waals surface area contributed by atoms with E-state index >= 15 is 0 Å². The molecule has 2 heterocycles. The second kappa shape index (κ2) is 10.1. The van der Waals surface area contributed by atoms with E-state index in [4.69, 9.17) is 9.47 Å². The van der Waals surface area contributed by atoms with Crippen LogP contribution in [0.1, 0.15) is 73.0 Å². The molecular weight excluding hydrogens is 448 g/mol. The van der Waals surface area contributed by atoms with Gasteiger partial charge in [-0.15, -0.1) is 0 Å². The summed E-state index contributed by atoms with van der Waals surface area (Å²) in [6.45, 7) is 6.85. The number of hydrogen-bond donors (Lipinski definition) is 1. The van der Waals surface area contributed by atoms with Gasteiger partial charge in [0.2, 0.25) is 5.91 Å². The fraction of sp³-hybridized carbons (Fsp3) is 0.538. The number of methoxy groups -OCH3 is 1. The molecule has 1 atom stereocenters. The molecule has 35 heavy (non-hydrogen) atoms. The quantitative estimate of drug-likeness (QED) is 0.608. The minimum absolute atomic E-state index is 0.0443. The van der Waals surface area contributed by atoms with E-state index in [0.717, 1.165) is 37.0 Å². The molecule has 0 spiro atoms. The molecule has 4 rings (SSSR count). The Kier molecular flexibility index (Phi) is 7.14. The number of aromatic nitrogens is 2. The van der Waals surface area contributed by atoms with Crippen molar-refractivity contribution in [3.05, 3.63) is 47.3 Å². The summed E-state index contributed by atoms with van der Waals surface area (Å²) >= 11 is 0. The summed E-state index contributed by atoms with van der Waals surface area (Å²) in [6.07, 6.45) is 4.00. The van der Waals surface area contributed by atoms with Gasteiger partial charge in [-0.3, -0.25) is 14.3 Å². The Hall–Kier alpha value is -3.36. The highest BCUT2D eigenvalue weighted by Gasteiger charge is 2.48. The smallest absolute Gasteiger partial charge is 0.358 e. The molecule has 2 aromatic rings. The number of amides is 2. The van der Waals surface area contributed by atoms with Crippen molar-refractivity contribution >= 4 is 17.8 Å². The summed E-state index contributed by atoms with van der Waals surface area (Å²) in [5.41, 5.74) is -0.0186. The lowest BCUT2D eigenvalue weighted by Crippen LogP contribution is -2.64. The number of benzene rings is 1. The third-order valence-corrected chi connectivity index (χ3v) is 7.11. The average molecular weight is 483 g/mol. The Morgan fingerprint density at radius 1 is 1.17 bits per heavy atom. The topological polar surface area (TPSA) is 103 Å². The van der Waals surface area contributed by atoms with Gasteiger partial charge in [-0.1, -0.05) is 19.1 Å². The fourth-order valence-electron chi connectivity index (χ4n) is 4.88. The number of nitrogens with one attached hydrogen (secondary N) is 1. The van der Waals surface area contributed by atoms with E-state index in [2.05, 4.69) is 17.3 Å². The molecular formula is C26H34N4O5. The SMILES string of the molecule is CCOc1ccc(CN2C(=O)c3cc(C(=O)OC)nn3CC2(C)C(=O)NC2CCC(C)CC2)cc1. The van der Waals surface area contributed by atoms with Crippen LogP contribution < -0.4 is 10.1 Å². The minimum Gasteiger partial charge on any atom is -0.494 e. The van der Waals surface area contributed by atoms with E-state index in [9.17, 15) is 14.4 Å². The number of fused-ring (bicyclic) bond motifs is 1. The maximum absolute atomic E-state index is 13.7. The van der Waals surface area contributed by atoms with Gasteiger partial charge in [0.25, 0.3) is 5.91 Å². The predicted molar refractivity (Wildman–Crippen MR) is 129 cm³/mol. The molecule has 1 fully saturated rings. The summed E-state index contributed by atoms with van der Waals surface area (Å²) in [6, 6.07) is 9.01. The van der Waals surface area contributed by atoms with Crippen molar-refractivity contribution in [2.24, 2.45) is 5.92 Å². The van der Waals surface area contributed by atoms with E-state index in [1.54, 1.807) is 11.8 Å². The van der Waals surface area contributed by atoms with Gasteiger partial charge in [-0.2, -0.15) is 5.10 Å². The van der Waals surface area contributed by atoms with Gasteiger partial charge in [0.15, 0.2) is 5.69 Å². The minimum atomic E-state index is -1.19. The van der Waals surface area contributed by atoms with E-state index in [-0.39, 0.29) is 42.3 Å². The van der Waals surface area contributed by atoms with Crippen molar-refractivity contribution in [3.63, 3.8) is 0 Å². The van der Waals surface area contributed by atoms with E-state index in [0.29, 0.717) is 12.5 Å². The lowest BCUT2D eigenvalue weighted by Gasteiger charge is -2.44. The first-order chi connectivity index (χ1) is 16.7. The van der Waals surface area contributed by atoms with Crippen LogP contribution in [0.3, 0.4) is 0 Å². The van der Waals surface area contributed by atoms with E-state index < -0.39 is 11.5 Å². The zero-order chi connectivity index (χ0) is 25.2. The fourth-order valence-corrected chi connectivity index (χ4v) is 4.88. The van der Waals surface area contributed by atoms with Gasteiger partial charge >= 0.3 is 5.97 Å². The number of hydrogen-bond acceptors (Lipinski definition) is 6. The van der Waals surface area contributed by atoms with Crippen LogP contribution in [0.4, 0.5) is 0 Å². The lowest BCUT2D eigenvalue weighted by molar-refractivity contribution is -0.134. The Morgan fingerprint density at radius 2 is 1.86 bits per heavy atom. The molecule has 9 heteroatoms. The molecule has 1 aliphatic carbocycles. The van der Waals surface area contributed by atoms with Crippen molar-refractivity contribution in [2.45, 2.75) is 71.1 Å². The molecule has 9 nitrogen and oxygen atoms in total. The lowest BCUT2D eigenvalue weighted by atomic mass is 9.86. The highest BCUT2D eigenvalue weighted by molar-refractivity contribution is 6.01. The monoisotopic (exact) mass is 482 g/mol. The standard InChI is InChI=1S/C26H34N4O5/c1-5-35-20-12-8-18(9-13-20)15-29-23(31)22-14-21(24(32)34-4)28-30(22)16-26(29,3)25(33)27-19-10-6-17(2)7-11-19/h8-9,12-14,17,19H,5-7,10-11,15-16H2,1-4H3,(H,27,33). The predicted octanol–water partition coefficient (Wildman–Crippen LogP) is 3.18. The van der Waals surface area contributed by atoms with Crippen molar-refractivity contribution in [1.82, 2.24) is 20.0 Å². The van der Waals surface area contributed by atoms with Crippen LogP contribution >= 0.6 is 0 Å². The molecule has 1 N–H and O–H groups in total. The Morgan fingerprint density at radius 3 is 2.49 bits per heavy atom. The third kappa shape index (κ3) is 5.04. The number of nitrogens with zero attached hydrogens (tertiary/aromatic N) is 3. The van der Waals surface area contributed by atoms with Crippen LogP contribution in [0.2, 0.25) is 0 Å². The Labute approximate surface area is 205 Å². The Bertz CT molecular complexity index is 1090. The molecule has 188 valence electrons.